The van der Waals surface area contributed by atoms with Crippen molar-refractivity contribution in [1.82, 2.24) is 9.97 Å². The van der Waals surface area contributed by atoms with Gasteiger partial charge in [-0.3, -0.25) is 0 Å². The average Bonchev–Trinajstić information content (AvgIpc) is 2.48. The van der Waals surface area contributed by atoms with Crippen molar-refractivity contribution >= 4 is 28.9 Å². The Hall–Kier alpha value is -2.32. The molecule has 0 aliphatic carbocycles. The van der Waals surface area contributed by atoms with E-state index in [2.05, 4.69) is 26.7 Å². The van der Waals surface area contributed by atoms with Crippen molar-refractivity contribution < 1.29 is 0 Å². The summed E-state index contributed by atoms with van der Waals surface area (Å²) in [4.78, 5) is 8.53. The van der Waals surface area contributed by atoms with Gasteiger partial charge in [0.15, 0.2) is 0 Å². The smallest absolute Gasteiger partial charge is 0.139 e. The molecule has 21 heavy (non-hydrogen) atoms. The Morgan fingerprint density at radius 2 is 2.00 bits per heavy atom. The third-order valence-corrected chi connectivity index (χ3v) is 3.23. The molecule has 2 aromatic rings. The summed E-state index contributed by atoms with van der Waals surface area (Å²) in [6.45, 7) is 4.83. The second-order valence-electron chi connectivity index (χ2n) is 4.36. The lowest BCUT2D eigenvalue weighted by atomic mass is 10.1. The molecule has 1 heterocycles. The SMILES string of the molecule is CCNc1ncnc(Nc2cc(Cl)ccc2C#N)c1CC. The molecule has 0 saturated carbocycles. The number of halogens is 1. The maximum atomic E-state index is 9.17. The third-order valence-electron chi connectivity index (χ3n) is 3.00. The van der Waals surface area contributed by atoms with E-state index >= 15 is 0 Å². The number of aromatic nitrogens is 2. The topological polar surface area (TPSA) is 73.6 Å². The lowest BCUT2D eigenvalue weighted by Crippen LogP contribution is -2.08. The molecule has 1 aromatic heterocycles. The fourth-order valence-corrected chi connectivity index (χ4v) is 2.19. The Morgan fingerprint density at radius 3 is 2.67 bits per heavy atom. The molecule has 0 bridgehead atoms. The molecule has 0 fully saturated rings. The second kappa shape index (κ2) is 6.91. The lowest BCUT2D eigenvalue weighted by Gasteiger charge is -2.14. The van der Waals surface area contributed by atoms with E-state index in [9.17, 15) is 5.26 Å². The summed E-state index contributed by atoms with van der Waals surface area (Å²) in [5.41, 5.74) is 2.13. The fraction of sp³-hybridized carbons (Fsp3) is 0.267. The minimum absolute atomic E-state index is 0.519. The van der Waals surface area contributed by atoms with E-state index < -0.39 is 0 Å². The third kappa shape index (κ3) is 3.41. The van der Waals surface area contributed by atoms with E-state index in [0.29, 0.717) is 22.1 Å². The minimum atomic E-state index is 0.519. The van der Waals surface area contributed by atoms with Gasteiger partial charge in [-0.2, -0.15) is 5.26 Å². The number of nitrogens with one attached hydrogen (secondary N) is 2. The van der Waals surface area contributed by atoms with Gasteiger partial charge in [0.1, 0.15) is 24.0 Å². The van der Waals surface area contributed by atoms with Crippen molar-refractivity contribution in [2.45, 2.75) is 20.3 Å². The Bertz CT molecular complexity index is 678. The first-order chi connectivity index (χ1) is 10.2. The van der Waals surface area contributed by atoms with Gasteiger partial charge in [0, 0.05) is 17.1 Å². The van der Waals surface area contributed by atoms with E-state index in [1.54, 1.807) is 18.2 Å². The summed E-state index contributed by atoms with van der Waals surface area (Å²) >= 11 is 6.00. The van der Waals surface area contributed by atoms with Crippen LogP contribution >= 0.6 is 11.6 Å². The molecule has 0 amide bonds. The van der Waals surface area contributed by atoms with Crippen LogP contribution < -0.4 is 10.6 Å². The molecule has 6 heteroatoms. The fourth-order valence-electron chi connectivity index (χ4n) is 2.02. The van der Waals surface area contributed by atoms with Crippen LogP contribution in [0.1, 0.15) is 25.0 Å². The van der Waals surface area contributed by atoms with E-state index in [1.165, 1.54) is 6.33 Å². The molecule has 2 rings (SSSR count). The normalized spacial score (nSPS) is 10.0. The zero-order valence-corrected chi connectivity index (χ0v) is 12.7. The van der Waals surface area contributed by atoms with E-state index in [1.807, 2.05) is 13.8 Å². The van der Waals surface area contributed by atoms with Gasteiger partial charge in [-0.25, -0.2) is 9.97 Å². The summed E-state index contributed by atoms with van der Waals surface area (Å²) in [6.07, 6.45) is 2.27. The Labute approximate surface area is 129 Å². The Balaban J connectivity index is 2.42. The molecule has 0 saturated heterocycles. The molecular formula is C15H16ClN5. The van der Waals surface area contributed by atoms with Crippen LogP contribution in [0.4, 0.5) is 17.3 Å². The van der Waals surface area contributed by atoms with Crippen molar-refractivity contribution in [1.29, 1.82) is 5.26 Å². The summed E-state index contributed by atoms with van der Waals surface area (Å²) in [6, 6.07) is 7.23. The monoisotopic (exact) mass is 301 g/mol. The number of benzene rings is 1. The lowest BCUT2D eigenvalue weighted by molar-refractivity contribution is 1.03. The zero-order valence-electron chi connectivity index (χ0n) is 11.9. The maximum Gasteiger partial charge on any atom is 0.139 e. The first-order valence-corrected chi connectivity index (χ1v) is 7.11. The van der Waals surface area contributed by atoms with E-state index in [4.69, 9.17) is 11.6 Å². The van der Waals surface area contributed by atoms with Gasteiger partial charge in [-0.1, -0.05) is 18.5 Å². The van der Waals surface area contributed by atoms with Crippen molar-refractivity contribution in [2.24, 2.45) is 0 Å². The van der Waals surface area contributed by atoms with Gasteiger partial charge in [-0.05, 0) is 31.5 Å². The predicted octanol–water partition coefficient (Wildman–Crippen LogP) is 3.74. The van der Waals surface area contributed by atoms with Crippen molar-refractivity contribution in [2.75, 3.05) is 17.2 Å². The largest absolute Gasteiger partial charge is 0.370 e. The van der Waals surface area contributed by atoms with Crippen LogP contribution in [0.2, 0.25) is 5.02 Å². The van der Waals surface area contributed by atoms with Crippen molar-refractivity contribution in [3.63, 3.8) is 0 Å². The molecule has 1 aromatic carbocycles. The van der Waals surface area contributed by atoms with Crippen LogP contribution in [-0.4, -0.2) is 16.5 Å². The van der Waals surface area contributed by atoms with Gasteiger partial charge >= 0.3 is 0 Å². The van der Waals surface area contributed by atoms with E-state index in [-0.39, 0.29) is 0 Å². The number of rotatable bonds is 5. The van der Waals surface area contributed by atoms with Crippen molar-refractivity contribution in [3.8, 4) is 6.07 Å². The van der Waals surface area contributed by atoms with Gasteiger partial charge in [0.05, 0.1) is 11.3 Å². The Kier molecular flexibility index (Phi) is 4.96. The molecule has 0 spiro atoms. The number of hydrogen-bond acceptors (Lipinski definition) is 5. The van der Waals surface area contributed by atoms with Gasteiger partial charge in [-0.15, -0.1) is 0 Å². The standard InChI is InChI=1S/C15H16ClN5/c1-3-12-14(18-4-2)19-9-20-15(12)21-13-7-11(16)6-5-10(13)8-17/h5-7,9H,3-4H2,1-2H3,(H2,18,19,20,21). The highest BCUT2D eigenvalue weighted by molar-refractivity contribution is 6.30. The van der Waals surface area contributed by atoms with Crippen LogP contribution in [0.25, 0.3) is 0 Å². The first kappa shape index (κ1) is 15.1. The van der Waals surface area contributed by atoms with Crippen LogP contribution in [0.5, 0.6) is 0 Å². The Morgan fingerprint density at radius 1 is 1.24 bits per heavy atom. The minimum Gasteiger partial charge on any atom is -0.370 e. The average molecular weight is 302 g/mol. The molecule has 0 aliphatic heterocycles. The summed E-state index contributed by atoms with van der Waals surface area (Å²) in [5, 5.41) is 16.1. The van der Waals surface area contributed by atoms with Crippen LogP contribution in [0, 0.1) is 11.3 Å². The molecule has 2 N–H and O–H groups in total. The predicted molar refractivity (Wildman–Crippen MR) is 85.0 cm³/mol. The van der Waals surface area contributed by atoms with Gasteiger partial charge < -0.3 is 10.6 Å². The van der Waals surface area contributed by atoms with Crippen LogP contribution in [0.15, 0.2) is 24.5 Å². The summed E-state index contributed by atoms with van der Waals surface area (Å²) in [7, 11) is 0. The van der Waals surface area contributed by atoms with Crippen LogP contribution in [-0.2, 0) is 6.42 Å². The highest BCUT2D eigenvalue weighted by Crippen LogP contribution is 2.27. The van der Waals surface area contributed by atoms with E-state index in [0.717, 1.165) is 24.3 Å². The number of nitrogens with zero attached hydrogens (tertiary/aromatic N) is 3. The first-order valence-electron chi connectivity index (χ1n) is 6.74. The second-order valence-corrected chi connectivity index (χ2v) is 4.80. The summed E-state index contributed by atoms with van der Waals surface area (Å²) in [5.74, 6) is 1.49. The van der Waals surface area contributed by atoms with Gasteiger partial charge in [0.25, 0.3) is 0 Å². The van der Waals surface area contributed by atoms with Gasteiger partial charge in [0.2, 0.25) is 0 Å². The van der Waals surface area contributed by atoms with Crippen LogP contribution in [0.3, 0.4) is 0 Å². The highest BCUT2D eigenvalue weighted by Gasteiger charge is 2.11. The quantitative estimate of drug-likeness (QED) is 0.880. The van der Waals surface area contributed by atoms with Crippen molar-refractivity contribution in [3.05, 3.63) is 40.7 Å². The zero-order chi connectivity index (χ0) is 15.2. The highest BCUT2D eigenvalue weighted by atomic mass is 35.5. The summed E-state index contributed by atoms with van der Waals surface area (Å²) < 4.78 is 0. The number of hydrogen-bond donors (Lipinski definition) is 2. The molecule has 0 aliphatic rings. The number of anilines is 3. The molecule has 0 atom stereocenters. The number of nitriles is 1. The molecule has 0 unspecified atom stereocenters. The maximum absolute atomic E-state index is 9.17. The molecule has 108 valence electrons. The molecule has 0 radical (unpaired) electrons. The molecule has 5 nitrogen and oxygen atoms in total. The molecular weight excluding hydrogens is 286 g/mol.